The van der Waals surface area contributed by atoms with Gasteiger partial charge in [-0.1, -0.05) is 5.16 Å². The van der Waals surface area contributed by atoms with Crippen LogP contribution in [0, 0.1) is 0 Å². The summed E-state index contributed by atoms with van der Waals surface area (Å²) in [5, 5.41) is 6.63. The zero-order chi connectivity index (χ0) is 21.1. The predicted molar refractivity (Wildman–Crippen MR) is 104 cm³/mol. The highest BCUT2D eigenvalue weighted by molar-refractivity contribution is 7.89. The Morgan fingerprint density at radius 2 is 1.90 bits per heavy atom. The first kappa shape index (κ1) is 20.3. The van der Waals surface area contributed by atoms with Crippen LogP contribution in [0.5, 0.6) is 0 Å². The molecule has 0 bridgehead atoms. The summed E-state index contributed by atoms with van der Waals surface area (Å²) in [7, 11) is -3.57. The van der Waals surface area contributed by atoms with E-state index in [4.69, 9.17) is 13.7 Å². The van der Waals surface area contributed by atoms with Gasteiger partial charge < -0.3 is 19.0 Å². The lowest BCUT2D eigenvalue weighted by atomic mass is 10.2. The molecule has 0 spiro atoms. The molecule has 1 aliphatic heterocycles. The summed E-state index contributed by atoms with van der Waals surface area (Å²) in [5.41, 5.74) is 0.593. The molecule has 1 aromatic carbocycles. The van der Waals surface area contributed by atoms with Crippen LogP contribution in [0.25, 0.3) is 11.4 Å². The number of hydrogen-bond donors (Lipinski definition) is 1. The molecule has 3 heterocycles. The molecule has 0 saturated carbocycles. The van der Waals surface area contributed by atoms with E-state index in [0.29, 0.717) is 37.7 Å². The molecule has 11 heteroatoms. The molecule has 10 nitrogen and oxygen atoms in total. The van der Waals surface area contributed by atoms with Crippen molar-refractivity contribution in [1.29, 1.82) is 0 Å². The van der Waals surface area contributed by atoms with Crippen LogP contribution >= 0.6 is 0 Å². The molecule has 1 saturated heterocycles. The Morgan fingerprint density at radius 1 is 1.17 bits per heavy atom. The van der Waals surface area contributed by atoms with Gasteiger partial charge in [-0.3, -0.25) is 4.79 Å². The molecule has 0 aliphatic carbocycles. The van der Waals surface area contributed by atoms with Crippen LogP contribution in [0.3, 0.4) is 0 Å². The van der Waals surface area contributed by atoms with Gasteiger partial charge >= 0.3 is 0 Å². The van der Waals surface area contributed by atoms with Crippen LogP contribution in [-0.4, -0.2) is 55.1 Å². The van der Waals surface area contributed by atoms with Gasteiger partial charge in [0.2, 0.25) is 21.7 Å². The van der Waals surface area contributed by atoms with Crippen molar-refractivity contribution in [2.75, 3.05) is 26.3 Å². The molecule has 4 rings (SSSR count). The molecule has 1 unspecified atom stereocenters. The number of amides is 1. The van der Waals surface area contributed by atoms with Gasteiger partial charge in [0.25, 0.3) is 5.91 Å². The quantitative estimate of drug-likeness (QED) is 0.625. The van der Waals surface area contributed by atoms with E-state index in [1.165, 1.54) is 22.7 Å². The second-order valence-corrected chi connectivity index (χ2v) is 8.61. The number of furan rings is 1. The van der Waals surface area contributed by atoms with Gasteiger partial charge in [0.1, 0.15) is 6.04 Å². The van der Waals surface area contributed by atoms with E-state index in [1.807, 2.05) is 0 Å². The molecule has 1 aliphatic rings. The van der Waals surface area contributed by atoms with Crippen molar-refractivity contribution >= 4 is 15.9 Å². The lowest BCUT2D eigenvalue weighted by Crippen LogP contribution is -2.40. The largest absolute Gasteiger partial charge is 0.459 e. The van der Waals surface area contributed by atoms with E-state index < -0.39 is 22.0 Å². The fourth-order valence-electron chi connectivity index (χ4n) is 2.98. The third-order valence-corrected chi connectivity index (χ3v) is 6.54. The summed E-state index contributed by atoms with van der Waals surface area (Å²) in [6.45, 7) is 3.14. The number of nitrogens with one attached hydrogen (secondary N) is 1. The Morgan fingerprint density at radius 3 is 2.57 bits per heavy atom. The first-order valence-electron chi connectivity index (χ1n) is 9.31. The monoisotopic (exact) mass is 432 g/mol. The lowest BCUT2D eigenvalue weighted by molar-refractivity contribution is 0.0730. The van der Waals surface area contributed by atoms with Gasteiger partial charge in [-0.05, 0) is 43.3 Å². The summed E-state index contributed by atoms with van der Waals surface area (Å²) < 4.78 is 42.3. The Kier molecular flexibility index (Phi) is 5.66. The Bertz CT molecular complexity index is 1100. The van der Waals surface area contributed by atoms with Gasteiger partial charge in [0.15, 0.2) is 5.76 Å². The van der Waals surface area contributed by atoms with Crippen molar-refractivity contribution in [3.63, 3.8) is 0 Å². The minimum atomic E-state index is -3.57. The topological polar surface area (TPSA) is 128 Å². The molecular formula is C19H20N4O6S. The first-order chi connectivity index (χ1) is 14.4. The van der Waals surface area contributed by atoms with Gasteiger partial charge in [0.05, 0.1) is 24.4 Å². The van der Waals surface area contributed by atoms with Crippen LogP contribution < -0.4 is 5.32 Å². The summed E-state index contributed by atoms with van der Waals surface area (Å²) in [6.07, 6.45) is 1.41. The number of sulfonamides is 1. The zero-order valence-electron chi connectivity index (χ0n) is 16.1. The van der Waals surface area contributed by atoms with E-state index in [2.05, 4.69) is 15.5 Å². The maximum atomic E-state index is 12.7. The zero-order valence-corrected chi connectivity index (χ0v) is 17.0. The van der Waals surface area contributed by atoms with Crippen molar-refractivity contribution in [1.82, 2.24) is 19.8 Å². The fraction of sp³-hybridized carbons (Fsp3) is 0.316. The van der Waals surface area contributed by atoms with Crippen molar-refractivity contribution in [2.45, 2.75) is 17.9 Å². The van der Waals surface area contributed by atoms with E-state index in [1.54, 1.807) is 31.2 Å². The van der Waals surface area contributed by atoms with E-state index in [0.717, 1.165) is 0 Å². The highest BCUT2D eigenvalue weighted by Crippen LogP contribution is 2.23. The number of rotatable bonds is 6. The molecule has 30 heavy (non-hydrogen) atoms. The van der Waals surface area contributed by atoms with Gasteiger partial charge in [0, 0.05) is 18.7 Å². The smallest absolute Gasteiger partial charge is 0.287 e. The predicted octanol–water partition coefficient (Wildman–Crippen LogP) is 1.84. The third-order valence-electron chi connectivity index (χ3n) is 4.63. The Labute approximate surface area is 172 Å². The minimum Gasteiger partial charge on any atom is -0.459 e. The van der Waals surface area contributed by atoms with Gasteiger partial charge in [-0.25, -0.2) is 8.42 Å². The average molecular weight is 432 g/mol. The van der Waals surface area contributed by atoms with Crippen molar-refractivity contribution in [3.05, 3.63) is 54.3 Å². The maximum Gasteiger partial charge on any atom is 0.287 e. The molecule has 158 valence electrons. The molecule has 0 radical (unpaired) electrons. The van der Waals surface area contributed by atoms with Crippen LogP contribution in [0.4, 0.5) is 0 Å². The van der Waals surface area contributed by atoms with Crippen LogP contribution in [0.1, 0.15) is 29.4 Å². The highest BCUT2D eigenvalue weighted by atomic mass is 32.2. The van der Waals surface area contributed by atoms with E-state index in [-0.39, 0.29) is 16.5 Å². The molecule has 1 fully saturated rings. The average Bonchev–Trinajstić information content (AvgIpc) is 3.47. The second kappa shape index (κ2) is 8.38. The molecule has 1 amide bonds. The summed E-state index contributed by atoms with van der Waals surface area (Å²) in [4.78, 5) is 16.6. The fourth-order valence-corrected chi connectivity index (χ4v) is 4.39. The summed E-state index contributed by atoms with van der Waals surface area (Å²) >= 11 is 0. The van der Waals surface area contributed by atoms with Crippen molar-refractivity contribution in [2.24, 2.45) is 0 Å². The van der Waals surface area contributed by atoms with Gasteiger partial charge in [-0.2, -0.15) is 9.29 Å². The van der Waals surface area contributed by atoms with Crippen LogP contribution in [-0.2, 0) is 14.8 Å². The highest BCUT2D eigenvalue weighted by Gasteiger charge is 2.26. The maximum absolute atomic E-state index is 12.7. The number of carbonyl (C=O) groups is 1. The third kappa shape index (κ3) is 4.13. The normalized spacial score (nSPS) is 16.3. The van der Waals surface area contributed by atoms with Crippen molar-refractivity contribution in [3.8, 4) is 11.4 Å². The number of ether oxygens (including phenoxy) is 1. The SMILES string of the molecule is CC(NC(=O)c1ccco1)c1nc(-c2ccc(S(=O)(=O)N3CCOCC3)cc2)no1. The molecule has 1 N–H and O–H groups in total. The number of carbonyl (C=O) groups excluding carboxylic acids is 1. The molecular weight excluding hydrogens is 412 g/mol. The number of benzene rings is 1. The number of nitrogens with zero attached hydrogens (tertiary/aromatic N) is 3. The Balaban J connectivity index is 1.46. The molecule has 2 aromatic heterocycles. The van der Waals surface area contributed by atoms with Crippen LogP contribution in [0.2, 0.25) is 0 Å². The summed E-state index contributed by atoms with van der Waals surface area (Å²) in [6, 6.07) is 8.89. The van der Waals surface area contributed by atoms with E-state index >= 15 is 0 Å². The number of hydrogen-bond acceptors (Lipinski definition) is 8. The summed E-state index contributed by atoms with van der Waals surface area (Å²) in [5.74, 6) is 0.290. The lowest BCUT2D eigenvalue weighted by Gasteiger charge is -2.26. The van der Waals surface area contributed by atoms with Gasteiger partial charge in [-0.15, -0.1) is 0 Å². The molecule has 1 atom stereocenters. The number of aromatic nitrogens is 2. The second-order valence-electron chi connectivity index (χ2n) is 6.67. The van der Waals surface area contributed by atoms with Crippen LogP contribution in [0.15, 0.2) is 56.5 Å². The van der Waals surface area contributed by atoms with Crippen molar-refractivity contribution < 1.29 is 26.9 Å². The Hall–Kier alpha value is -3.02. The number of morpholine rings is 1. The minimum absolute atomic E-state index is 0.179. The standard InChI is InChI=1S/C19H20N4O6S/c1-13(20-18(24)16-3-2-10-28-16)19-21-17(22-29-19)14-4-6-15(7-5-14)30(25,26)23-8-11-27-12-9-23/h2-7,10,13H,8-9,11-12H2,1H3,(H,20,24). The van der Waals surface area contributed by atoms with E-state index in [9.17, 15) is 13.2 Å². The first-order valence-corrected chi connectivity index (χ1v) is 10.8. The molecule has 3 aromatic rings.